The predicted molar refractivity (Wildman–Crippen MR) is 106 cm³/mol. The number of anilines is 1. The molecular weight excluding hydrogens is 388 g/mol. The summed E-state index contributed by atoms with van der Waals surface area (Å²) >= 11 is 7.31. The van der Waals surface area contributed by atoms with Crippen LogP contribution in [0.1, 0.15) is 12.0 Å². The number of hydrogen-bond donors (Lipinski definition) is 2. The van der Waals surface area contributed by atoms with E-state index in [1.807, 2.05) is 18.2 Å². The Labute approximate surface area is 166 Å². The van der Waals surface area contributed by atoms with Gasteiger partial charge in [0.1, 0.15) is 0 Å². The smallest absolute Gasteiger partial charge is 0.238 e. The van der Waals surface area contributed by atoms with Gasteiger partial charge in [0, 0.05) is 28.4 Å². The monoisotopic (exact) mass is 406 g/mol. The number of carbonyl (C=O) groups excluding carboxylic acids is 2. The molecule has 2 aromatic rings. The zero-order valence-electron chi connectivity index (χ0n) is 14.9. The second-order valence-electron chi connectivity index (χ2n) is 5.87. The topological polar surface area (TPSA) is 76.7 Å². The summed E-state index contributed by atoms with van der Waals surface area (Å²) in [5.74, 6) is 0.756. The van der Waals surface area contributed by atoms with Gasteiger partial charge in [0.15, 0.2) is 11.5 Å². The first-order chi connectivity index (χ1) is 13.0. The van der Waals surface area contributed by atoms with Crippen molar-refractivity contribution >= 4 is 40.9 Å². The van der Waals surface area contributed by atoms with Gasteiger partial charge in [-0.15, -0.1) is 11.8 Å². The molecule has 1 aliphatic heterocycles. The Bertz CT molecular complexity index is 875. The van der Waals surface area contributed by atoms with Gasteiger partial charge in [-0.05, 0) is 24.3 Å². The lowest BCUT2D eigenvalue weighted by molar-refractivity contribution is -0.124. The summed E-state index contributed by atoms with van der Waals surface area (Å²) in [5, 5.41) is 5.70. The highest BCUT2D eigenvalue weighted by atomic mass is 35.5. The highest BCUT2D eigenvalue weighted by molar-refractivity contribution is 8.01. The molecule has 0 fully saturated rings. The summed E-state index contributed by atoms with van der Waals surface area (Å²) in [6, 6.07) is 10.8. The van der Waals surface area contributed by atoms with Crippen LogP contribution in [0.25, 0.3) is 0 Å². The number of nitrogens with one attached hydrogen (secondary N) is 2. The molecule has 6 nitrogen and oxygen atoms in total. The van der Waals surface area contributed by atoms with E-state index in [2.05, 4.69) is 10.6 Å². The Kier molecular flexibility index (Phi) is 6.13. The van der Waals surface area contributed by atoms with Crippen LogP contribution in [-0.2, 0) is 16.1 Å². The minimum atomic E-state index is -0.495. The average molecular weight is 407 g/mol. The molecule has 2 N–H and O–H groups in total. The van der Waals surface area contributed by atoms with Gasteiger partial charge in [-0.3, -0.25) is 9.59 Å². The third kappa shape index (κ3) is 4.48. The maximum atomic E-state index is 12.4. The third-order valence-corrected chi connectivity index (χ3v) is 5.60. The summed E-state index contributed by atoms with van der Waals surface area (Å²) < 4.78 is 10.6. The summed E-state index contributed by atoms with van der Waals surface area (Å²) in [5.41, 5.74) is 1.47. The van der Waals surface area contributed by atoms with Crippen LogP contribution in [0.2, 0.25) is 5.02 Å². The maximum absolute atomic E-state index is 12.4. The number of methoxy groups -OCH3 is 2. The molecule has 0 radical (unpaired) electrons. The van der Waals surface area contributed by atoms with Crippen LogP contribution in [-0.4, -0.2) is 31.3 Å². The van der Waals surface area contributed by atoms with E-state index in [0.29, 0.717) is 22.2 Å². The van der Waals surface area contributed by atoms with Crippen molar-refractivity contribution in [2.45, 2.75) is 23.1 Å². The quantitative estimate of drug-likeness (QED) is 0.768. The molecule has 0 bridgehead atoms. The van der Waals surface area contributed by atoms with E-state index in [4.69, 9.17) is 21.1 Å². The SMILES string of the molecule is COc1cccc(CNC(=O)CC2Sc3ccc(Cl)cc3NC2=O)c1OC. The lowest BCUT2D eigenvalue weighted by Gasteiger charge is -2.24. The van der Waals surface area contributed by atoms with Crippen LogP contribution >= 0.6 is 23.4 Å². The lowest BCUT2D eigenvalue weighted by Crippen LogP contribution is -2.34. The minimum absolute atomic E-state index is 0.0743. The second kappa shape index (κ2) is 8.54. The first-order valence-corrected chi connectivity index (χ1v) is 9.51. The van der Waals surface area contributed by atoms with Gasteiger partial charge in [-0.25, -0.2) is 0 Å². The number of para-hydroxylation sites is 1. The molecule has 0 aromatic heterocycles. The van der Waals surface area contributed by atoms with E-state index in [-0.39, 0.29) is 24.8 Å². The molecule has 1 aliphatic rings. The first-order valence-electron chi connectivity index (χ1n) is 8.25. The summed E-state index contributed by atoms with van der Waals surface area (Å²) in [6.07, 6.45) is 0.0743. The van der Waals surface area contributed by atoms with E-state index in [0.717, 1.165) is 10.5 Å². The molecule has 3 rings (SSSR count). The molecule has 1 heterocycles. The number of rotatable bonds is 6. The molecule has 1 atom stereocenters. The highest BCUT2D eigenvalue weighted by Crippen LogP contribution is 2.38. The number of ether oxygens (including phenoxy) is 2. The van der Waals surface area contributed by atoms with Crippen LogP contribution in [0.15, 0.2) is 41.3 Å². The number of thioether (sulfide) groups is 1. The average Bonchev–Trinajstić information content (AvgIpc) is 2.66. The molecule has 0 saturated carbocycles. The summed E-state index contributed by atoms with van der Waals surface area (Å²) in [7, 11) is 3.11. The van der Waals surface area contributed by atoms with Crippen molar-refractivity contribution in [2.24, 2.45) is 0 Å². The highest BCUT2D eigenvalue weighted by Gasteiger charge is 2.29. The number of amides is 2. The standard InChI is InChI=1S/C19H19ClN2O4S/c1-25-14-5-3-4-11(18(14)26-2)10-21-17(23)9-16-19(24)22-13-8-12(20)6-7-15(13)27-16/h3-8,16H,9-10H2,1-2H3,(H,21,23)(H,22,24). The van der Waals surface area contributed by atoms with Crippen LogP contribution in [0.4, 0.5) is 5.69 Å². The van der Waals surface area contributed by atoms with E-state index >= 15 is 0 Å². The van der Waals surface area contributed by atoms with Crippen molar-refractivity contribution in [3.63, 3.8) is 0 Å². The molecule has 27 heavy (non-hydrogen) atoms. The molecule has 1 unspecified atom stereocenters. The van der Waals surface area contributed by atoms with Crippen LogP contribution in [0.5, 0.6) is 11.5 Å². The normalized spacial score (nSPS) is 15.5. The maximum Gasteiger partial charge on any atom is 0.238 e. The Hall–Kier alpha value is -2.38. The Balaban J connectivity index is 1.62. The zero-order valence-corrected chi connectivity index (χ0v) is 16.4. The van der Waals surface area contributed by atoms with Gasteiger partial charge in [-0.2, -0.15) is 0 Å². The van der Waals surface area contributed by atoms with E-state index in [1.54, 1.807) is 32.4 Å². The van der Waals surface area contributed by atoms with Crippen molar-refractivity contribution < 1.29 is 19.1 Å². The van der Waals surface area contributed by atoms with E-state index < -0.39 is 5.25 Å². The number of benzene rings is 2. The van der Waals surface area contributed by atoms with Crippen molar-refractivity contribution in [1.82, 2.24) is 5.32 Å². The van der Waals surface area contributed by atoms with Crippen molar-refractivity contribution in [1.29, 1.82) is 0 Å². The van der Waals surface area contributed by atoms with Crippen LogP contribution in [0, 0.1) is 0 Å². The van der Waals surface area contributed by atoms with Crippen molar-refractivity contribution in [3.8, 4) is 11.5 Å². The molecule has 142 valence electrons. The summed E-state index contributed by atoms with van der Waals surface area (Å²) in [6.45, 7) is 0.282. The van der Waals surface area contributed by atoms with Gasteiger partial charge >= 0.3 is 0 Å². The zero-order chi connectivity index (χ0) is 19.4. The van der Waals surface area contributed by atoms with Crippen LogP contribution < -0.4 is 20.1 Å². The molecule has 2 amide bonds. The second-order valence-corrected chi connectivity index (χ2v) is 7.55. The fourth-order valence-electron chi connectivity index (χ4n) is 2.78. The third-order valence-electron chi connectivity index (χ3n) is 4.09. The number of fused-ring (bicyclic) bond motifs is 1. The molecule has 8 heteroatoms. The number of hydrogen-bond acceptors (Lipinski definition) is 5. The van der Waals surface area contributed by atoms with Gasteiger partial charge in [0.25, 0.3) is 0 Å². The largest absolute Gasteiger partial charge is 0.493 e. The minimum Gasteiger partial charge on any atom is -0.493 e. The van der Waals surface area contributed by atoms with E-state index in [9.17, 15) is 9.59 Å². The van der Waals surface area contributed by atoms with Crippen molar-refractivity contribution in [3.05, 3.63) is 47.0 Å². The Morgan fingerprint density at radius 2 is 2.07 bits per heavy atom. The lowest BCUT2D eigenvalue weighted by atomic mass is 10.1. The number of halogens is 1. The molecular formula is C19H19ClN2O4S. The van der Waals surface area contributed by atoms with E-state index in [1.165, 1.54) is 11.8 Å². The summed E-state index contributed by atoms with van der Waals surface area (Å²) in [4.78, 5) is 25.5. The fraction of sp³-hybridized carbons (Fsp3) is 0.263. The molecule has 2 aromatic carbocycles. The van der Waals surface area contributed by atoms with Gasteiger partial charge in [-0.1, -0.05) is 23.7 Å². The van der Waals surface area contributed by atoms with Crippen molar-refractivity contribution in [2.75, 3.05) is 19.5 Å². The fourth-order valence-corrected chi connectivity index (χ4v) is 4.05. The van der Waals surface area contributed by atoms with Crippen LogP contribution in [0.3, 0.4) is 0 Å². The first kappa shape index (κ1) is 19.4. The molecule has 0 saturated heterocycles. The predicted octanol–water partition coefficient (Wildman–Crippen LogP) is 3.48. The Morgan fingerprint density at radius 3 is 2.81 bits per heavy atom. The van der Waals surface area contributed by atoms with Gasteiger partial charge < -0.3 is 20.1 Å². The Morgan fingerprint density at radius 1 is 1.26 bits per heavy atom. The molecule has 0 spiro atoms. The van der Waals surface area contributed by atoms with Gasteiger partial charge in [0.05, 0.1) is 25.2 Å². The number of carbonyl (C=O) groups is 2. The van der Waals surface area contributed by atoms with Gasteiger partial charge in [0.2, 0.25) is 11.8 Å². The molecule has 0 aliphatic carbocycles.